The summed E-state index contributed by atoms with van der Waals surface area (Å²) in [5.41, 5.74) is 0.447. The van der Waals surface area contributed by atoms with Gasteiger partial charge in [0.2, 0.25) is 5.95 Å². The second-order valence-corrected chi connectivity index (χ2v) is 10.8. The van der Waals surface area contributed by atoms with Crippen molar-refractivity contribution in [3.8, 4) is 10.4 Å². The molecule has 12 heteroatoms. The van der Waals surface area contributed by atoms with Crippen LogP contribution in [0.25, 0.3) is 21.3 Å². The zero-order valence-electron chi connectivity index (χ0n) is 20.4. The Kier molecular flexibility index (Phi) is 6.86. The van der Waals surface area contributed by atoms with Crippen LogP contribution in [0.3, 0.4) is 0 Å². The Morgan fingerprint density at radius 1 is 1.18 bits per heavy atom. The van der Waals surface area contributed by atoms with Crippen molar-refractivity contribution in [3.05, 3.63) is 59.1 Å². The van der Waals surface area contributed by atoms with Gasteiger partial charge in [-0.25, -0.2) is 15.0 Å². The largest absolute Gasteiger partial charge is 0.481 e. The summed E-state index contributed by atoms with van der Waals surface area (Å²) in [6.45, 7) is 1.99. The average molecular weight is 546 g/mol. The summed E-state index contributed by atoms with van der Waals surface area (Å²) in [5.74, 6) is -1.29. The number of aliphatic hydroxyl groups is 1. The minimum Gasteiger partial charge on any atom is -0.481 e. The number of alkyl halides is 3. The van der Waals surface area contributed by atoms with E-state index < -0.39 is 23.4 Å². The highest BCUT2D eigenvalue weighted by Gasteiger charge is 2.40. The molecule has 1 aliphatic rings. The molecule has 1 aliphatic carbocycles. The van der Waals surface area contributed by atoms with E-state index >= 15 is 0 Å². The first-order valence-corrected chi connectivity index (χ1v) is 13.0. The summed E-state index contributed by atoms with van der Waals surface area (Å²) in [6.07, 6.45) is 2.50. The number of halogens is 3. The Hall–Kier alpha value is -3.51. The van der Waals surface area contributed by atoms with Crippen molar-refractivity contribution in [1.82, 2.24) is 19.9 Å². The van der Waals surface area contributed by atoms with E-state index in [-0.39, 0.29) is 24.3 Å². The number of carboxylic acid groups (broad SMARTS) is 1. The zero-order valence-corrected chi connectivity index (χ0v) is 21.2. The number of aliphatic carboxylic acids is 1. The van der Waals surface area contributed by atoms with Crippen LogP contribution >= 0.6 is 11.3 Å². The lowest BCUT2D eigenvalue weighted by Gasteiger charge is -2.35. The van der Waals surface area contributed by atoms with Gasteiger partial charge in [-0.15, -0.1) is 11.3 Å². The number of anilines is 1. The first-order chi connectivity index (χ1) is 18.0. The Morgan fingerprint density at radius 3 is 2.66 bits per heavy atom. The van der Waals surface area contributed by atoms with Gasteiger partial charge in [0.15, 0.2) is 0 Å². The van der Waals surface area contributed by atoms with E-state index in [1.165, 1.54) is 11.3 Å². The van der Waals surface area contributed by atoms with Crippen molar-refractivity contribution < 1.29 is 28.2 Å². The van der Waals surface area contributed by atoms with Crippen molar-refractivity contribution >= 4 is 34.2 Å². The number of H-pyrrole nitrogens is 1. The summed E-state index contributed by atoms with van der Waals surface area (Å²) in [4.78, 5) is 27.3. The van der Waals surface area contributed by atoms with Crippen LogP contribution in [-0.2, 0) is 23.1 Å². The summed E-state index contributed by atoms with van der Waals surface area (Å²) >= 11 is 1.41. The molecule has 0 radical (unpaired) electrons. The van der Waals surface area contributed by atoms with Gasteiger partial charge in [0, 0.05) is 41.6 Å². The van der Waals surface area contributed by atoms with Gasteiger partial charge in [0.25, 0.3) is 0 Å². The molecule has 4 N–H and O–H groups in total. The molecule has 1 saturated carbocycles. The third-order valence-electron chi connectivity index (χ3n) is 7.22. The number of carbonyl (C=O) groups is 1. The third-order valence-corrected chi connectivity index (χ3v) is 8.48. The number of hydrogen-bond acceptors (Lipinski definition) is 7. The van der Waals surface area contributed by atoms with E-state index in [0.29, 0.717) is 30.7 Å². The molecule has 1 aromatic carbocycles. The lowest BCUT2D eigenvalue weighted by molar-refractivity contribution is -0.144. The molecule has 200 valence electrons. The first-order valence-electron chi connectivity index (χ1n) is 12.2. The molecule has 8 nitrogen and oxygen atoms in total. The van der Waals surface area contributed by atoms with E-state index in [0.717, 1.165) is 39.2 Å². The number of aromatic nitrogens is 4. The Bertz CT molecular complexity index is 1460. The van der Waals surface area contributed by atoms with E-state index in [2.05, 4.69) is 25.3 Å². The van der Waals surface area contributed by atoms with Crippen LogP contribution < -0.4 is 5.32 Å². The number of rotatable bonds is 7. The minimum atomic E-state index is -4.54. The molecular weight excluding hydrogens is 519 g/mol. The van der Waals surface area contributed by atoms with E-state index in [1.807, 2.05) is 24.4 Å². The van der Waals surface area contributed by atoms with Gasteiger partial charge < -0.3 is 20.5 Å². The normalized spacial score (nSPS) is 19.8. The highest BCUT2D eigenvalue weighted by Crippen LogP contribution is 2.44. The van der Waals surface area contributed by atoms with Crippen molar-refractivity contribution in [2.24, 2.45) is 11.8 Å². The van der Waals surface area contributed by atoms with Crippen LogP contribution in [0.2, 0.25) is 0 Å². The zero-order chi connectivity index (χ0) is 27.1. The van der Waals surface area contributed by atoms with Crippen LogP contribution in [0.5, 0.6) is 0 Å². The summed E-state index contributed by atoms with van der Waals surface area (Å²) in [5, 5.41) is 25.0. The van der Waals surface area contributed by atoms with Crippen LogP contribution in [0.15, 0.2) is 42.9 Å². The van der Waals surface area contributed by atoms with Gasteiger partial charge in [-0.1, -0.05) is 12.1 Å². The average Bonchev–Trinajstić information content (AvgIpc) is 3.55. The molecule has 1 fully saturated rings. The molecule has 38 heavy (non-hydrogen) atoms. The monoisotopic (exact) mass is 545 g/mol. The van der Waals surface area contributed by atoms with E-state index in [9.17, 15) is 28.2 Å². The Morgan fingerprint density at radius 2 is 1.95 bits per heavy atom. The van der Waals surface area contributed by atoms with Crippen molar-refractivity contribution in [3.63, 3.8) is 0 Å². The molecule has 3 heterocycles. The number of thiazole rings is 1. The van der Waals surface area contributed by atoms with Crippen molar-refractivity contribution in [2.75, 3.05) is 5.32 Å². The molecule has 5 rings (SSSR count). The van der Waals surface area contributed by atoms with Crippen LogP contribution in [0.4, 0.5) is 19.1 Å². The van der Waals surface area contributed by atoms with Gasteiger partial charge in [0.05, 0.1) is 10.8 Å². The van der Waals surface area contributed by atoms with E-state index in [4.69, 9.17) is 0 Å². The second kappa shape index (κ2) is 9.99. The Labute approximate surface area is 220 Å². The molecule has 0 spiro atoms. The Balaban J connectivity index is 1.29. The highest BCUT2D eigenvalue weighted by atomic mass is 32.1. The number of carboxylic acids is 1. The maximum atomic E-state index is 12.9. The fraction of sp³-hybridized carbons (Fsp3) is 0.385. The number of aromatic amines is 1. The number of benzene rings is 1. The van der Waals surface area contributed by atoms with E-state index in [1.54, 1.807) is 13.1 Å². The fourth-order valence-corrected chi connectivity index (χ4v) is 6.05. The van der Waals surface area contributed by atoms with Gasteiger partial charge in [-0.05, 0) is 56.2 Å². The quantitative estimate of drug-likeness (QED) is 0.231. The van der Waals surface area contributed by atoms with Gasteiger partial charge >= 0.3 is 12.1 Å². The fourth-order valence-electron chi connectivity index (χ4n) is 4.98. The topological polar surface area (TPSA) is 124 Å². The third kappa shape index (κ3) is 5.23. The molecule has 0 bridgehead atoms. The summed E-state index contributed by atoms with van der Waals surface area (Å²) in [6, 6.07) is 6.53. The number of nitrogens with zero attached hydrogens (tertiary/aromatic N) is 3. The molecule has 1 atom stereocenters. The predicted molar refractivity (Wildman–Crippen MR) is 136 cm³/mol. The molecule has 0 unspecified atom stereocenters. The minimum absolute atomic E-state index is 0.0593. The lowest BCUT2D eigenvalue weighted by atomic mass is 9.74. The molecule has 0 saturated heterocycles. The maximum Gasteiger partial charge on any atom is 0.433 e. The standard InChI is InChI=1S/C26H26F3N5O3S/c1-25(37,16-5-3-15(4-6-16)22(35)36)23-32-13-20(38-23)18-12-31-19-10-14(2-7-17(18)19)11-33-24-30-9-8-21(34-24)26(27,28)29/h2,7-10,12-13,15-16,31,37H,3-6,11H2,1H3,(H,35,36)(H,30,33,34)/t15?,16?,25-/m1/s1. The summed E-state index contributed by atoms with van der Waals surface area (Å²) in [7, 11) is 0. The molecule has 4 aromatic rings. The summed E-state index contributed by atoms with van der Waals surface area (Å²) < 4.78 is 38.7. The van der Waals surface area contributed by atoms with Crippen molar-refractivity contribution in [2.45, 2.75) is 50.9 Å². The number of hydrogen-bond donors (Lipinski definition) is 4. The first kappa shape index (κ1) is 26.1. The maximum absolute atomic E-state index is 12.9. The van der Waals surface area contributed by atoms with Gasteiger partial charge in [-0.2, -0.15) is 13.2 Å². The predicted octanol–water partition coefficient (Wildman–Crippen LogP) is 5.81. The van der Waals surface area contributed by atoms with Gasteiger partial charge in [0.1, 0.15) is 16.3 Å². The van der Waals surface area contributed by atoms with Gasteiger partial charge in [-0.3, -0.25) is 4.79 Å². The SMILES string of the molecule is C[C@](O)(c1ncc(-c2c[nH]c3cc(CNc4nccc(C(F)(F)F)n4)ccc23)s1)C1CCC(C(=O)O)CC1. The van der Waals surface area contributed by atoms with Crippen molar-refractivity contribution in [1.29, 1.82) is 0 Å². The molecule has 0 aliphatic heterocycles. The molecular formula is C26H26F3N5O3S. The second-order valence-electron chi connectivity index (χ2n) is 9.76. The van der Waals surface area contributed by atoms with Crippen LogP contribution in [0, 0.1) is 11.8 Å². The number of fused-ring (bicyclic) bond motifs is 1. The highest BCUT2D eigenvalue weighted by molar-refractivity contribution is 7.15. The van der Waals surface area contributed by atoms with Crippen LogP contribution in [0.1, 0.15) is 48.9 Å². The molecule has 3 aromatic heterocycles. The molecule has 0 amide bonds. The number of nitrogens with one attached hydrogen (secondary N) is 2. The lowest BCUT2D eigenvalue weighted by Crippen LogP contribution is -2.35. The smallest absolute Gasteiger partial charge is 0.433 e. The van der Waals surface area contributed by atoms with Crippen LogP contribution in [-0.4, -0.2) is 36.1 Å².